The molecule has 5 nitrogen and oxygen atoms in total. The van der Waals surface area contributed by atoms with Crippen LogP contribution in [0.4, 0.5) is 5.69 Å². The van der Waals surface area contributed by atoms with E-state index in [-0.39, 0.29) is 5.75 Å². The summed E-state index contributed by atoms with van der Waals surface area (Å²) >= 11 is 4.80. The van der Waals surface area contributed by atoms with Crippen molar-refractivity contribution in [2.75, 3.05) is 12.8 Å². The minimum Gasteiger partial charge on any atom is -0.506 e. The highest BCUT2D eigenvalue weighted by Crippen LogP contribution is 2.42. The van der Waals surface area contributed by atoms with E-state index in [9.17, 15) is 9.32 Å². The maximum atomic E-state index is 12.5. The third-order valence-corrected chi connectivity index (χ3v) is 6.50. The van der Waals surface area contributed by atoms with E-state index in [1.165, 1.54) is 11.3 Å². The Morgan fingerprint density at radius 2 is 1.96 bits per heavy atom. The molecule has 0 radical (unpaired) electrons. The van der Waals surface area contributed by atoms with Crippen LogP contribution in [0.1, 0.15) is 5.56 Å². The van der Waals surface area contributed by atoms with Crippen molar-refractivity contribution in [1.29, 1.82) is 0 Å². The number of anilines is 1. The fraction of sp³-hybridized carbons (Fsp3) is 0.111. The molecule has 0 aliphatic carbocycles. The lowest BCUT2D eigenvalue weighted by Gasteiger charge is -2.11. The molecule has 136 valence electrons. The summed E-state index contributed by atoms with van der Waals surface area (Å²) in [5, 5.41) is 10.2. The predicted octanol–water partition coefficient (Wildman–Crippen LogP) is 4.29. The topological polar surface area (TPSA) is 84.6 Å². The summed E-state index contributed by atoms with van der Waals surface area (Å²) < 4.78 is 21.4. The Morgan fingerprint density at radius 3 is 2.58 bits per heavy atom. The molecule has 0 amide bonds. The molecule has 0 saturated heterocycles. The number of nitrogen functional groups attached to an aromatic ring is 1. The maximum Gasteiger partial charge on any atom is 0.135 e. The molecule has 0 bridgehead atoms. The molecule has 8 heteroatoms. The number of halogens is 1. The number of thiophene rings is 1. The number of benzene rings is 2. The van der Waals surface area contributed by atoms with Crippen LogP contribution < -0.4 is 15.2 Å². The molecule has 3 aromatic rings. The second kappa shape index (κ2) is 8.22. The summed E-state index contributed by atoms with van der Waals surface area (Å²) in [5.41, 5.74) is 8.23. The van der Waals surface area contributed by atoms with Gasteiger partial charge in [-0.25, -0.2) is 8.93 Å². The summed E-state index contributed by atoms with van der Waals surface area (Å²) in [6.45, 7) is 0.364. The van der Waals surface area contributed by atoms with E-state index in [1.807, 2.05) is 12.1 Å². The van der Waals surface area contributed by atoms with Crippen LogP contribution in [0.5, 0.6) is 11.5 Å². The minimum absolute atomic E-state index is 0.185. The molecule has 1 atom stereocenters. The fourth-order valence-electron chi connectivity index (χ4n) is 2.43. The number of rotatable bonds is 6. The summed E-state index contributed by atoms with van der Waals surface area (Å²) in [5.74, 6) is 0.898. The minimum atomic E-state index is -1.37. The van der Waals surface area contributed by atoms with Gasteiger partial charge in [0.15, 0.2) is 0 Å². The smallest absolute Gasteiger partial charge is 0.135 e. The van der Waals surface area contributed by atoms with Crippen molar-refractivity contribution in [2.45, 2.75) is 11.4 Å². The normalized spacial score (nSPS) is 12.1. The van der Waals surface area contributed by atoms with Gasteiger partial charge in [-0.15, -0.1) is 11.3 Å². The predicted molar refractivity (Wildman–Crippen MR) is 110 cm³/mol. The van der Waals surface area contributed by atoms with Gasteiger partial charge in [-0.05, 0) is 57.9 Å². The lowest BCUT2D eigenvalue weighted by Crippen LogP contribution is -2.17. The number of ether oxygens (including phenoxy) is 1. The third-order valence-electron chi connectivity index (χ3n) is 3.73. The van der Waals surface area contributed by atoms with Crippen molar-refractivity contribution in [1.82, 2.24) is 4.72 Å². The van der Waals surface area contributed by atoms with Crippen molar-refractivity contribution >= 4 is 43.9 Å². The standard InChI is InChI=1S/C18H17BrN2O3S2/c1-24-13-4-6-14(7-5-13)26(23)21-10-11-2-3-12(20)8-15(11)18-16(22)9-17(19)25-18/h2-9,21-22H,10,20H2,1H3. The summed E-state index contributed by atoms with van der Waals surface area (Å²) in [7, 11) is 0.219. The van der Waals surface area contributed by atoms with Crippen LogP contribution in [0.2, 0.25) is 0 Å². The average molecular weight is 453 g/mol. The molecule has 3 rings (SSSR count). The van der Waals surface area contributed by atoms with Gasteiger partial charge in [0.1, 0.15) is 22.5 Å². The van der Waals surface area contributed by atoms with Crippen LogP contribution in [0.3, 0.4) is 0 Å². The first-order valence-corrected chi connectivity index (χ1v) is 10.4. The number of methoxy groups -OCH3 is 1. The number of aromatic hydroxyl groups is 1. The maximum absolute atomic E-state index is 12.5. The average Bonchev–Trinajstić information content (AvgIpc) is 2.98. The Bertz CT molecular complexity index is 942. The van der Waals surface area contributed by atoms with Crippen molar-refractivity contribution in [3.8, 4) is 21.9 Å². The van der Waals surface area contributed by atoms with Gasteiger partial charge in [0.25, 0.3) is 0 Å². The summed E-state index contributed by atoms with van der Waals surface area (Å²) in [6.07, 6.45) is 0. The van der Waals surface area contributed by atoms with Gasteiger partial charge in [0.2, 0.25) is 0 Å². The van der Waals surface area contributed by atoms with Crippen LogP contribution in [0.25, 0.3) is 10.4 Å². The molecule has 0 aliphatic heterocycles. The Morgan fingerprint density at radius 1 is 1.23 bits per heavy atom. The number of hydrogen-bond donors (Lipinski definition) is 3. The molecule has 1 heterocycles. The second-order valence-corrected chi connectivity index (χ2v) is 9.18. The van der Waals surface area contributed by atoms with E-state index in [4.69, 9.17) is 10.5 Å². The number of nitrogens with one attached hydrogen (secondary N) is 1. The quantitative estimate of drug-likeness (QED) is 0.487. The molecular formula is C18H17BrN2O3S2. The molecule has 0 spiro atoms. The van der Waals surface area contributed by atoms with Gasteiger partial charge in [-0.3, -0.25) is 0 Å². The monoisotopic (exact) mass is 452 g/mol. The Hall–Kier alpha value is -1.87. The lowest BCUT2D eigenvalue weighted by molar-refractivity contribution is 0.414. The largest absolute Gasteiger partial charge is 0.506 e. The molecular weight excluding hydrogens is 436 g/mol. The van der Waals surface area contributed by atoms with Crippen LogP contribution in [-0.2, 0) is 17.5 Å². The van der Waals surface area contributed by atoms with Crippen molar-refractivity contribution < 1.29 is 14.1 Å². The van der Waals surface area contributed by atoms with E-state index < -0.39 is 11.0 Å². The van der Waals surface area contributed by atoms with Crippen molar-refractivity contribution in [3.05, 3.63) is 57.9 Å². The number of nitrogens with two attached hydrogens (primary N) is 1. The molecule has 0 aliphatic rings. The first kappa shape index (κ1) is 18.9. The van der Waals surface area contributed by atoms with Crippen LogP contribution in [-0.4, -0.2) is 16.4 Å². The number of hydrogen-bond acceptors (Lipinski definition) is 5. The van der Waals surface area contributed by atoms with Gasteiger partial charge in [-0.2, -0.15) is 0 Å². The third kappa shape index (κ3) is 4.27. The second-order valence-electron chi connectivity index (χ2n) is 5.45. The SMILES string of the molecule is COc1ccc(S(=O)NCc2ccc(N)cc2-c2sc(Br)cc2O)cc1. The highest BCUT2D eigenvalue weighted by atomic mass is 79.9. The molecule has 0 saturated carbocycles. The van der Waals surface area contributed by atoms with E-state index >= 15 is 0 Å². The first-order chi connectivity index (χ1) is 12.5. The van der Waals surface area contributed by atoms with Crippen LogP contribution in [0.15, 0.2) is 57.2 Å². The van der Waals surface area contributed by atoms with Crippen LogP contribution >= 0.6 is 27.3 Å². The van der Waals surface area contributed by atoms with E-state index in [1.54, 1.807) is 43.5 Å². The highest BCUT2D eigenvalue weighted by Gasteiger charge is 2.14. The molecule has 26 heavy (non-hydrogen) atoms. The van der Waals surface area contributed by atoms with Crippen molar-refractivity contribution in [2.24, 2.45) is 0 Å². The molecule has 1 unspecified atom stereocenters. The Kier molecular flexibility index (Phi) is 5.98. The Labute approximate surface area is 166 Å². The van der Waals surface area contributed by atoms with Gasteiger partial charge < -0.3 is 15.6 Å². The van der Waals surface area contributed by atoms with E-state index in [0.717, 1.165) is 19.8 Å². The fourth-order valence-corrected chi connectivity index (χ4v) is 4.80. The zero-order valence-corrected chi connectivity index (χ0v) is 17.1. The highest BCUT2D eigenvalue weighted by molar-refractivity contribution is 9.11. The molecule has 2 aromatic carbocycles. The van der Waals surface area contributed by atoms with E-state index in [2.05, 4.69) is 20.7 Å². The Balaban J connectivity index is 1.81. The first-order valence-electron chi connectivity index (χ1n) is 7.64. The lowest BCUT2D eigenvalue weighted by atomic mass is 10.0. The summed E-state index contributed by atoms with van der Waals surface area (Å²) in [4.78, 5) is 1.38. The molecule has 1 aromatic heterocycles. The molecule has 4 N–H and O–H groups in total. The zero-order valence-electron chi connectivity index (χ0n) is 13.9. The van der Waals surface area contributed by atoms with Gasteiger partial charge in [0, 0.05) is 23.9 Å². The van der Waals surface area contributed by atoms with Gasteiger partial charge in [-0.1, -0.05) is 6.07 Å². The van der Waals surface area contributed by atoms with E-state index in [0.29, 0.717) is 22.9 Å². The molecule has 0 fully saturated rings. The van der Waals surface area contributed by atoms with Crippen molar-refractivity contribution in [3.63, 3.8) is 0 Å². The summed E-state index contributed by atoms with van der Waals surface area (Å²) in [6, 6.07) is 14.2. The van der Waals surface area contributed by atoms with Gasteiger partial charge in [0.05, 0.1) is 20.7 Å². The van der Waals surface area contributed by atoms with Crippen LogP contribution in [0, 0.1) is 0 Å². The van der Waals surface area contributed by atoms with Gasteiger partial charge >= 0.3 is 0 Å². The zero-order chi connectivity index (χ0) is 18.7.